The van der Waals surface area contributed by atoms with Crippen LogP contribution in [0.4, 0.5) is 13.2 Å². The molecule has 1 aromatic rings. The lowest BCUT2D eigenvalue weighted by Gasteiger charge is -2.15. The molecule has 1 aromatic carbocycles. The minimum Gasteiger partial charge on any atom is -0.448 e. The van der Waals surface area contributed by atoms with Gasteiger partial charge < -0.3 is 4.52 Å². The Bertz CT molecular complexity index is 435. The van der Waals surface area contributed by atoms with Gasteiger partial charge in [-0.2, -0.15) is 0 Å². The third-order valence-electron chi connectivity index (χ3n) is 1.76. The Hall–Kier alpha value is 0.160. The lowest BCUT2D eigenvalue weighted by molar-refractivity contribution is 0.440. The Labute approximate surface area is 104 Å². The van der Waals surface area contributed by atoms with E-state index < -0.39 is 22.1 Å². The van der Waals surface area contributed by atoms with Gasteiger partial charge >= 0.3 is 0 Å². The maximum absolute atomic E-state index is 12.9. The summed E-state index contributed by atoms with van der Waals surface area (Å²) >= 11 is 8.21. The molecule has 0 spiro atoms. The fourth-order valence-electron chi connectivity index (χ4n) is 1.10. The van der Waals surface area contributed by atoms with Crippen molar-refractivity contribution in [2.45, 2.75) is 0 Å². The number of halogens is 3. The largest absolute Gasteiger partial charge is 0.448 e. The second kappa shape index (κ2) is 4.80. The smallest absolute Gasteiger partial charge is 0.222 e. The van der Waals surface area contributed by atoms with E-state index in [-0.39, 0.29) is 5.75 Å². The molecule has 0 amide bonds. The molecule has 0 unspecified atom stereocenters. The zero-order valence-corrected chi connectivity index (χ0v) is 11.1. The zero-order valence-electron chi connectivity index (χ0n) is 7.78. The SMILES string of the molecule is Fc1cc(OP2(=S)SCCS2)cc(F)c1F. The van der Waals surface area contributed by atoms with Gasteiger partial charge in [0.05, 0.1) is 0 Å². The fraction of sp³-hybridized carbons (Fsp3) is 0.250. The molecule has 1 aliphatic heterocycles. The van der Waals surface area contributed by atoms with Gasteiger partial charge in [-0.1, -0.05) is 22.8 Å². The molecule has 16 heavy (non-hydrogen) atoms. The van der Waals surface area contributed by atoms with Gasteiger partial charge in [0, 0.05) is 23.6 Å². The molecule has 8 heteroatoms. The summed E-state index contributed by atoms with van der Waals surface area (Å²) in [5.74, 6) is -2.31. The summed E-state index contributed by atoms with van der Waals surface area (Å²) in [5.41, 5.74) is 0. The summed E-state index contributed by atoms with van der Waals surface area (Å²) in [6, 6.07) is 1.65. The summed E-state index contributed by atoms with van der Waals surface area (Å²) in [6.07, 6.45) is 0. The van der Waals surface area contributed by atoms with Crippen LogP contribution in [0.2, 0.25) is 0 Å². The molecule has 1 heterocycles. The van der Waals surface area contributed by atoms with E-state index in [9.17, 15) is 13.2 Å². The predicted octanol–water partition coefficient (Wildman–Crippen LogP) is 4.19. The molecule has 1 fully saturated rings. The zero-order chi connectivity index (χ0) is 11.8. The molecule has 0 radical (unpaired) electrons. The van der Waals surface area contributed by atoms with E-state index in [4.69, 9.17) is 16.3 Å². The van der Waals surface area contributed by atoms with E-state index in [1.165, 1.54) is 22.8 Å². The van der Waals surface area contributed by atoms with E-state index in [1.54, 1.807) is 0 Å². The van der Waals surface area contributed by atoms with Crippen LogP contribution in [0.15, 0.2) is 12.1 Å². The predicted molar refractivity (Wildman–Crippen MR) is 66.1 cm³/mol. The van der Waals surface area contributed by atoms with Crippen molar-refractivity contribution in [3.05, 3.63) is 29.6 Å². The van der Waals surface area contributed by atoms with Gasteiger partial charge in [-0.15, -0.1) is 0 Å². The first-order chi connectivity index (χ1) is 7.50. The molecule has 0 atom stereocenters. The quantitative estimate of drug-likeness (QED) is 0.598. The normalized spacial score (nSPS) is 18.7. The van der Waals surface area contributed by atoms with Crippen LogP contribution in [0.3, 0.4) is 0 Å². The molecular weight excluding hydrogens is 296 g/mol. The van der Waals surface area contributed by atoms with Crippen LogP contribution in [0.1, 0.15) is 0 Å². The molecule has 0 aliphatic carbocycles. The van der Waals surface area contributed by atoms with Crippen molar-refractivity contribution in [1.29, 1.82) is 0 Å². The second-order valence-electron chi connectivity index (χ2n) is 2.91. The highest BCUT2D eigenvalue weighted by Crippen LogP contribution is 2.73. The highest BCUT2D eigenvalue weighted by atomic mass is 33.2. The minimum atomic E-state index is -2.14. The monoisotopic (exact) mass is 302 g/mol. The Morgan fingerprint density at radius 1 is 1.12 bits per heavy atom. The molecule has 1 nitrogen and oxygen atoms in total. The van der Waals surface area contributed by atoms with E-state index in [0.29, 0.717) is 0 Å². The van der Waals surface area contributed by atoms with Gasteiger partial charge in [0.2, 0.25) is 4.67 Å². The number of benzene rings is 1. The average molecular weight is 302 g/mol. The number of hydrogen-bond acceptors (Lipinski definition) is 4. The van der Waals surface area contributed by atoms with Crippen LogP contribution < -0.4 is 4.52 Å². The van der Waals surface area contributed by atoms with Crippen molar-refractivity contribution in [3.63, 3.8) is 0 Å². The maximum Gasteiger partial charge on any atom is 0.222 e. The third-order valence-corrected chi connectivity index (χ3v) is 11.3. The van der Waals surface area contributed by atoms with Crippen LogP contribution in [0.5, 0.6) is 5.75 Å². The highest BCUT2D eigenvalue weighted by Gasteiger charge is 2.27. The van der Waals surface area contributed by atoms with Crippen molar-refractivity contribution in [2.75, 3.05) is 11.5 Å². The van der Waals surface area contributed by atoms with Gasteiger partial charge in [-0.25, -0.2) is 13.2 Å². The summed E-state index contributed by atoms with van der Waals surface area (Å²) < 4.78 is 41.8. The number of hydrogen-bond donors (Lipinski definition) is 0. The molecule has 0 aromatic heterocycles. The minimum absolute atomic E-state index is 0.0402. The van der Waals surface area contributed by atoms with E-state index >= 15 is 0 Å². The van der Waals surface area contributed by atoms with Crippen molar-refractivity contribution in [1.82, 2.24) is 0 Å². The van der Waals surface area contributed by atoms with Crippen molar-refractivity contribution >= 4 is 39.2 Å². The summed E-state index contributed by atoms with van der Waals surface area (Å²) in [7, 11) is 0. The summed E-state index contributed by atoms with van der Waals surface area (Å²) in [5, 5.41) is 0. The van der Waals surface area contributed by atoms with Gasteiger partial charge in [-0.3, -0.25) is 0 Å². The van der Waals surface area contributed by atoms with Gasteiger partial charge in [-0.05, 0) is 11.8 Å². The van der Waals surface area contributed by atoms with E-state index in [0.717, 1.165) is 23.6 Å². The highest BCUT2D eigenvalue weighted by molar-refractivity contribution is 9.00. The molecule has 2 rings (SSSR count). The Morgan fingerprint density at radius 2 is 1.62 bits per heavy atom. The molecule has 0 bridgehead atoms. The Morgan fingerprint density at radius 3 is 2.12 bits per heavy atom. The molecule has 1 aliphatic rings. The van der Waals surface area contributed by atoms with E-state index in [1.807, 2.05) is 0 Å². The topological polar surface area (TPSA) is 9.23 Å². The lowest BCUT2D eigenvalue weighted by atomic mass is 10.3. The molecule has 1 saturated heterocycles. The Kier molecular flexibility index (Phi) is 3.79. The van der Waals surface area contributed by atoms with Gasteiger partial charge in [0.25, 0.3) is 0 Å². The maximum atomic E-state index is 12.9. The average Bonchev–Trinajstić information content (AvgIpc) is 2.61. The van der Waals surface area contributed by atoms with Crippen LogP contribution >= 0.6 is 27.4 Å². The van der Waals surface area contributed by atoms with Crippen LogP contribution in [0, 0.1) is 17.5 Å². The standard InChI is InChI=1S/C8H6F3OPS3/c9-6-3-5(4-7(10)8(6)11)12-13(14)15-1-2-16-13/h3-4H,1-2H2. The first-order valence-electron chi connectivity index (χ1n) is 4.23. The molecule has 0 N–H and O–H groups in total. The summed E-state index contributed by atoms with van der Waals surface area (Å²) in [4.78, 5) is 0. The number of rotatable bonds is 2. The van der Waals surface area contributed by atoms with Crippen LogP contribution in [-0.4, -0.2) is 11.5 Å². The van der Waals surface area contributed by atoms with Gasteiger partial charge in [0.1, 0.15) is 5.75 Å². The van der Waals surface area contributed by atoms with E-state index in [2.05, 4.69) is 0 Å². The third kappa shape index (κ3) is 2.70. The first-order valence-corrected chi connectivity index (χ1v) is 10.1. The fourth-order valence-corrected chi connectivity index (χ4v) is 10.0. The summed E-state index contributed by atoms with van der Waals surface area (Å²) in [6.45, 7) is 0. The molecule has 0 saturated carbocycles. The van der Waals surface area contributed by atoms with Crippen molar-refractivity contribution in [2.24, 2.45) is 0 Å². The van der Waals surface area contributed by atoms with Gasteiger partial charge in [0.15, 0.2) is 17.5 Å². The van der Waals surface area contributed by atoms with Crippen LogP contribution in [0.25, 0.3) is 0 Å². The molecular formula is C8H6F3OPS3. The second-order valence-corrected chi connectivity index (χ2v) is 13.6. The van der Waals surface area contributed by atoms with Crippen LogP contribution in [-0.2, 0) is 11.8 Å². The Balaban J connectivity index is 2.25. The lowest BCUT2D eigenvalue weighted by Crippen LogP contribution is -1.92. The first kappa shape index (κ1) is 12.6. The van der Waals surface area contributed by atoms with Crippen molar-refractivity contribution in [3.8, 4) is 5.75 Å². The molecule has 88 valence electrons. The van der Waals surface area contributed by atoms with Crippen molar-refractivity contribution < 1.29 is 17.7 Å².